The zero-order chi connectivity index (χ0) is 11.7. The van der Waals surface area contributed by atoms with Crippen molar-refractivity contribution >= 4 is 79.4 Å². The predicted octanol–water partition coefficient (Wildman–Crippen LogP) is -2.70. The van der Waals surface area contributed by atoms with Gasteiger partial charge in [-0.25, -0.2) is 0 Å². The van der Waals surface area contributed by atoms with Crippen LogP contribution in [0.25, 0.3) is 0 Å². The van der Waals surface area contributed by atoms with Crippen molar-refractivity contribution in [1.82, 2.24) is 5.32 Å². The van der Waals surface area contributed by atoms with Crippen LogP contribution >= 0.6 is 0 Å². The zero-order valence-electron chi connectivity index (χ0n) is 7.83. The first-order valence-electron chi connectivity index (χ1n) is 4.28. The second-order valence-corrected chi connectivity index (χ2v) is 6.67. The van der Waals surface area contributed by atoms with Crippen molar-refractivity contribution in [3.05, 3.63) is 0 Å². The van der Waals surface area contributed by atoms with Crippen LogP contribution in [0.2, 0.25) is 0 Å². The average Bonchev–Trinajstić information content (AvgIpc) is 2.29. The van der Waals surface area contributed by atoms with Crippen molar-refractivity contribution in [2.75, 3.05) is 24.6 Å². The van der Waals surface area contributed by atoms with Gasteiger partial charge in [0, 0.05) is 0 Å². The van der Waals surface area contributed by atoms with Gasteiger partial charge in [0.2, 0.25) is 0 Å². The summed E-state index contributed by atoms with van der Waals surface area (Å²) in [6.07, 6.45) is 0. The molecule has 0 aromatic rings. The molecule has 2 unspecified atom stereocenters. The van der Waals surface area contributed by atoms with E-state index in [1.54, 1.807) is 0 Å². The second kappa shape index (κ2) is 8.15. The minimum absolute atomic E-state index is 0. The molecule has 1 aliphatic rings. The zero-order valence-corrected chi connectivity index (χ0v) is 9.46. The maximum absolute atomic E-state index is 10.6. The third kappa shape index (κ3) is 9.33. The normalized spacial score (nSPS) is 24.8. The van der Waals surface area contributed by atoms with Gasteiger partial charge in [0.05, 0.1) is 11.5 Å². The van der Waals surface area contributed by atoms with Gasteiger partial charge in [-0.3, -0.25) is 9.11 Å². The Bertz CT molecular complexity index is 382. The molecular formula is C6H15NNa2O6S2. The van der Waals surface area contributed by atoms with E-state index in [2.05, 4.69) is 5.32 Å². The summed E-state index contributed by atoms with van der Waals surface area (Å²) in [6, 6.07) is 0. The van der Waals surface area contributed by atoms with Crippen LogP contribution in [-0.2, 0) is 20.2 Å². The van der Waals surface area contributed by atoms with Crippen LogP contribution < -0.4 is 5.32 Å². The number of rotatable bonds is 4. The quantitative estimate of drug-likeness (QED) is 0.382. The first-order valence-corrected chi connectivity index (χ1v) is 7.50. The molecule has 1 aliphatic heterocycles. The molecule has 0 aliphatic carbocycles. The molecule has 94 valence electrons. The number of nitrogens with one attached hydrogen (secondary N) is 1. The second-order valence-electron chi connectivity index (χ2n) is 3.68. The first kappa shape index (κ1) is 21.1. The molecule has 1 fully saturated rings. The van der Waals surface area contributed by atoms with Gasteiger partial charge in [0.1, 0.15) is 0 Å². The Balaban J connectivity index is 0. The summed E-state index contributed by atoms with van der Waals surface area (Å²) in [6.45, 7) is 0.639. The van der Waals surface area contributed by atoms with Gasteiger partial charge in [-0.2, -0.15) is 16.8 Å². The molecule has 2 atom stereocenters. The van der Waals surface area contributed by atoms with E-state index in [0.717, 1.165) is 0 Å². The van der Waals surface area contributed by atoms with Gasteiger partial charge in [-0.15, -0.1) is 0 Å². The third-order valence-electron chi connectivity index (χ3n) is 2.33. The van der Waals surface area contributed by atoms with Crippen molar-refractivity contribution in [3.8, 4) is 0 Å². The third-order valence-corrected chi connectivity index (χ3v) is 4.03. The number of hydrogen-bond donors (Lipinski definition) is 3. The van der Waals surface area contributed by atoms with Crippen LogP contribution in [0.1, 0.15) is 0 Å². The van der Waals surface area contributed by atoms with Gasteiger partial charge in [-0.05, 0) is 24.9 Å². The molecule has 1 saturated heterocycles. The Kier molecular flexibility index (Phi) is 10.1. The van der Waals surface area contributed by atoms with E-state index in [1.165, 1.54) is 0 Å². The Morgan fingerprint density at radius 1 is 0.882 bits per heavy atom. The molecule has 0 aromatic carbocycles. The summed E-state index contributed by atoms with van der Waals surface area (Å²) in [5, 5.41) is 2.82. The van der Waals surface area contributed by atoms with Crippen LogP contribution in [0.15, 0.2) is 0 Å². The fourth-order valence-corrected chi connectivity index (χ4v) is 3.58. The molecule has 3 N–H and O–H groups in total. The molecule has 0 bridgehead atoms. The van der Waals surface area contributed by atoms with E-state index in [-0.39, 0.29) is 59.1 Å². The Labute approximate surface area is 145 Å². The maximum atomic E-state index is 10.6. The van der Waals surface area contributed by atoms with Gasteiger partial charge in [-0.1, -0.05) is 0 Å². The van der Waals surface area contributed by atoms with Crippen molar-refractivity contribution in [2.45, 2.75) is 0 Å². The fraction of sp³-hybridized carbons (Fsp3) is 1.00. The van der Waals surface area contributed by atoms with Crippen molar-refractivity contribution < 1.29 is 25.9 Å². The van der Waals surface area contributed by atoms with E-state index < -0.39 is 43.6 Å². The molecule has 1 rings (SSSR count). The van der Waals surface area contributed by atoms with Crippen molar-refractivity contribution in [3.63, 3.8) is 0 Å². The van der Waals surface area contributed by atoms with E-state index in [9.17, 15) is 16.8 Å². The summed E-state index contributed by atoms with van der Waals surface area (Å²) in [7, 11) is -8.23. The van der Waals surface area contributed by atoms with E-state index >= 15 is 0 Å². The molecule has 1 heterocycles. The van der Waals surface area contributed by atoms with Crippen LogP contribution in [-0.4, -0.2) is 110 Å². The summed E-state index contributed by atoms with van der Waals surface area (Å²) < 4.78 is 59.7. The average molecular weight is 307 g/mol. The first-order chi connectivity index (χ1) is 6.67. The summed E-state index contributed by atoms with van der Waals surface area (Å²) in [4.78, 5) is 0. The monoisotopic (exact) mass is 307 g/mol. The van der Waals surface area contributed by atoms with Crippen LogP contribution in [0, 0.1) is 11.8 Å². The molecule has 0 amide bonds. The fourth-order valence-electron chi connectivity index (χ4n) is 1.72. The van der Waals surface area contributed by atoms with Gasteiger partial charge in [0.25, 0.3) is 20.2 Å². The molecule has 0 spiro atoms. The molecule has 0 saturated carbocycles. The summed E-state index contributed by atoms with van der Waals surface area (Å²) >= 11 is 0. The van der Waals surface area contributed by atoms with Gasteiger partial charge < -0.3 is 5.32 Å². The minimum atomic E-state index is -4.11. The van der Waals surface area contributed by atoms with Crippen LogP contribution in [0.5, 0.6) is 0 Å². The Hall–Kier alpha value is 1.78. The molecule has 7 nitrogen and oxygen atoms in total. The molecular weight excluding hydrogens is 292 g/mol. The topological polar surface area (TPSA) is 121 Å². The summed E-state index contributed by atoms with van der Waals surface area (Å²) in [5.74, 6) is -1.94. The van der Waals surface area contributed by atoms with E-state index in [0.29, 0.717) is 13.1 Å². The molecule has 0 radical (unpaired) electrons. The molecule has 11 heteroatoms. The van der Waals surface area contributed by atoms with Gasteiger partial charge in [0.15, 0.2) is 0 Å². The van der Waals surface area contributed by atoms with Gasteiger partial charge >= 0.3 is 59.1 Å². The van der Waals surface area contributed by atoms with Crippen molar-refractivity contribution in [1.29, 1.82) is 0 Å². The van der Waals surface area contributed by atoms with Crippen molar-refractivity contribution in [2.24, 2.45) is 11.8 Å². The van der Waals surface area contributed by atoms with Crippen LogP contribution in [0.4, 0.5) is 0 Å². The Morgan fingerprint density at radius 3 is 1.41 bits per heavy atom. The standard InChI is InChI=1S/C6H13NO6S2.2Na.2H/c8-14(9,10)3-5-1-7-2-6(5)4-15(11,12)13;;;;/h5-7H,1-4H2,(H,8,9,10)(H,11,12,13);;;;. The molecule has 17 heavy (non-hydrogen) atoms. The number of hydrogen-bond acceptors (Lipinski definition) is 5. The predicted molar refractivity (Wildman–Crippen MR) is 67.0 cm³/mol. The Morgan fingerprint density at radius 2 is 1.18 bits per heavy atom. The van der Waals surface area contributed by atoms with E-state index in [4.69, 9.17) is 9.11 Å². The SMILES string of the molecule is O=S(=O)(O)CC1CNCC1CS(=O)(=O)O.[NaH].[NaH]. The summed E-state index contributed by atoms with van der Waals surface area (Å²) in [5.41, 5.74) is 0. The van der Waals surface area contributed by atoms with Crippen LogP contribution in [0.3, 0.4) is 0 Å². The molecule has 0 aromatic heterocycles. The van der Waals surface area contributed by atoms with E-state index in [1.807, 2.05) is 0 Å².